The van der Waals surface area contributed by atoms with Gasteiger partial charge in [-0.2, -0.15) is 0 Å². The molecule has 0 spiro atoms. The van der Waals surface area contributed by atoms with Gasteiger partial charge in [-0.15, -0.1) is 0 Å². The van der Waals surface area contributed by atoms with Gasteiger partial charge in [0.25, 0.3) is 0 Å². The molecule has 0 radical (unpaired) electrons. The van der Waals surface area contributed by atoms with Crippen LogP contribution in [0.15, 0.2) is 18.2 Å². The number of hydrogen-bond acceptors (Lipinski definition) is 1. The van der Waals surface area contributed by atoms with Crippen LogP contribution in [0.5, 0.6) is 0 Å². The molecule has 0 bridgehead atoms. The molecule has 1 aromatic rings. The second kappa shape index (κ2) is 5.48. The lowest BCUT2D eigenvalue weighted by atomic mass is 9.94. The highest BCUT2D eigenvalue weighted by Gasteiger charge is 2.25. The maximum Gasteiger partial charge on any atom is 0.127 e. The van der Waals surface area contributed by atoms with Crippen molar-refractivity contribution in [3.8, 4) is 0 Å². The Morgan fingerprint density at radius 1 is 1.50 bits per heavy atom. The molecule has 0 aromatic heterocycles. The Balaban J connectivity index is 2.13. The van der Waals surface area contributed by atoms with Crippen LogP contribution in [0.25, 0.3) is 0 Å². The van der Waals surface area contributed by atoms with E-state index in [9.17, 15) is 4.39 Å². The molecule has 4 heteroatoms. The molecule has 1 saturated heterocycles. The molecule has 2 rings (SSSR count). The van der Waals surface area contributed by atoms with Gasteiger partial charge >= 0.3 is 0 Å². The zero-order chi connectivity index (χ0) is 11.5. The van der Waals surface area contributed by atoms with Crippen molar-refractivity contribution in [2.45, 2.75) is 17.7 Å². The first-order valence-electron chi connectivity index (χ1n) is 5.33. The lowest BCUT2D eigenvalue weighted by Gasteiger charge is -2.27. The standard InChI is InChI=1S/C12H13BrClFO/c13-10-4-5-16-7-8(10)6-9-11(14)2-1-3-12(9)15/h1-3,8,10H,4-7H2. The van der Waals surface area contributed by atoms with Crippen molar-refractivity contribution in [1.29, 1.82) is 0 Å². The number of rotatable bonds is 2. The van der Waals surface area contributed by atoms with Crippen LogP contribution >= 0.6 is 27.5 Å². The van der Waals surface area contributed by atoms with Gasteiger partial charge in [0.2, 0.25) is 0 Å². The highest BCUT2D eigenvalue weighted by atomic mass is 79.9. The van der Waals surface area contributed by atoms with E-state index in [2.05, 4.69) is 15.9 Å². The van der Waals surface area contributed by atoms with Crippen molar-refractivity contribution in [1.82, 2.24) is 0 Å². The summed E-state index contributed by atoms with van der Waals surface area (Å²) in [6, 6.07) is 4.81. The first kappa shape index (κ1) is 12.3. The summed E-state index contributed by atoms with van der Waals surface area (Å²) in [4.78, 5) is 0.386. The van der Waals surface area contributed by atoms with E-state index in [0.717, 1.165) is 13.0 Å². The summed E-state index contributed by atoms with van der Waals surface area (Å²) in [5, 5.41) is 0.505. The molecule has 16 heavy (non-hydrogen) atoms. The number of alkyl halides is 1. The van der Waals surface area contributed by atoms with E-state index in [1.54, 1.807) is 12.1 Å². The summed E-state index contributed by atoms with van der Waals surface area (Å²) in [5.41, 5.74) is 0.601. The Bertz CT molecular complexity index is 352. The quantitative estimate of drug-likeness (QED) is 0.755. The molecule has 2 atom stereocenters. The molecular formula is C12H13BrClFO. The topological polar surface area (TPSA) is 9.23 Å². The van der Waals surface area contributed by atoms with Gasteiger partial charge in [-0.25, -0.2) is 4.39 Å². The summed E-state index contributed by atoms with van der Waals surface area (Å²) in [5.74, 6) is 0.0703. The lowest BCUT2D eigenvalue weighted by molar-refractivity contribution is 0.0603. The van der Waals surface area contributed by atoms with Crippen LogP contribution < -0.4 is 0 Å². The van der Waals surface area contributed by atoms with E-state index in [4.69, 9.17) is 16.3 Å². The van der Waals surface area contributed by atoms with Crippen molar-refractivity contribution in [2.75, 3.05) is 13.2 Å². The van der Waals surface area contributed by atoms with Crippen LogP contribution in [0.4, 0.5) is 4.39 Å². The fourth-order valence-electron chi connectivity index (χ4n) is 1.95. The molecule has 1 aromatic carbocycles. The Labute approximate surface area is 108 Å². The second-order valence-corrected chi connectivity index (χ2v) is 5.63. The Kier molecular flexibility index (Phi) is 4.22. The van der Waals surface area contributed by atoms with E-state index in [1.165, 1.54) is 6.07 Å². The van der Waals surface area contributed by atoms with Crippen LogP contribution in [0, 0.1) is 11.7 Å². The zero-order valence-electron chi connectivity index (χ0n) is 8.76. The van der Waals surface area contributed by atoms with E-state index < -0.39 is 0 Å². The number of ether oxygens (including phenoxy) is 1. The monoisotopic (exact) mass is 306 g/mol. The van der Waals surface area contributed by atoms with E-state index in [1.807, 2.05) is 0 Å². The molecule has 1 aliphatic heterocycles. The lowest BCUT2D eigenvalue weighted by Crippen LogP contribution is -2.29. The van der Waals surface area contributed by atoms with Crippen LogP contribution in [-0.2, 0) is 11.2 Å². The number of halogens is 3. The average Bonchev–Trinajstić information content (AvgIpc) is 2.26. The fraction of sp³-hybridized carbons (Fsp3) is 0.500. The smallest absolute Gasteiger partial charge is 0.127 e. The van der Waals surface area contributed by atoms with Crippen LogP contribution in [0.2, 0.25) is 5.02 Å². The Morgan fingerprint density at radius 3 is 3.00 bits per heavy atom. The normalized spacial score (nSPS) is 25.7. The number of benzene rings is 1. The van der Waals surface area contributed by atoms with Gasteiger partial charge in [-0.3, -0.25) is 0 Å². The summed E-state index contributed by atoms with van der Waals surface area (Å²) < 4.78 is 19.0. The van der Waals surface area contributed by atoms with Crippen molar-refractivity contribution in [3.05, 3.63) is 34.6 Å². The highest BCUT2D eigenvalue weighted by Crippen LogP contribution is 2.29. The molecule has 0 saturated carbocycles. The summed E-state index contributed by atoms with van der Waals surface area (Å²) >= 11 is 9.62. The van der Waals surface area contributed by atoms with E-state index >= 15 is 0 Å². The van der Waals surface area contributed by atoms with E-state index in [0.29, 0.717) is 34.4 Å². The summed E-state index contributed by atoms with van der Waals surface area (Å²) in [6.07, 6.45) is 1.60. The van der Waals surface area contributed by atoms with Crippen molar-refractivity contribution >= 4 is 27.5 Å². The third-order valence-electron chi connectivity index (χ3n) is 2.91. The van der Waals surface area contributed by atoms with Crippen LogP contribution in [0.1, 0.15) is 12.0 Å². The molecule has 1 heterocycles. The van der Waals surface area contributed by atoms with Crippen molar-refractivity contribution < 1.29 is 9.13 Å². The SMILES string of the molecule is Fc1cccc(Cl)c1CC1COCCC1Br. The van der Waals surface area contributed by atoms with Crippen LogP contribution in [0.3, 0.4) is 0 Å². The van der Waals surface area contributed by atoms with Gasteiger partial charge in [-0.05, 0) is 30.9 Å². The fourth-order valence-corrected chi connectivity index (χ4v) is 2.71. The van der Waals surface area contributed by atoms with Crippen LogP contribution in [-0.4, -0.2) is 18.0 Å². The highest BCUT2D eigenvalue weighted by molar-refractivity contribution is 9.09. The molecule has 0 N–H and O–H groups in total. The largest absolute Gasteiger partial charge is 0.381 e. The molecular weight excluding hydrogens is 294 g/mol. The zero-order valence-corrected chi connectivity index (χ0v) is 11.1. The second-order valence-electron chi connectivity index (χ2n) is 4.04. The molecule has 1 aliphatic rings. The van der Waals surface area contributed by atoms with Gasteiger partial charge in [-0.1, -0.05) is 33.6 Å². The number of hydrogen-bond donors (Lipinski definition) is 0. The minimum absolute atomic E-state index is 0.224. The minimum atomic E-state index is -0.224. The molecule has 88 valence electrons. The first-order valence-corrected chi connectivity index (χ1v) is 6.62. The Morgan fingerprint density at radius 2 is 2.31 bits per heavy atom. The predicted octanol–water partition coefficient (Wildman–Crippen LogP) is 3.82. The predicted molar refractivity (Wildman–Crippen MR) is 66.8 cm³/mol. The van der Waals surface area contributed by atoms with Gasteiger partial charge in [0.15, 0.2) is 0 Å². The average molecular weight is 308 g/mol. The van der Waals surface area contributed by atoms with Gasteiger partial charge in [0.05, 0.1) is 6.61 Å². The van der Waals surface area contributed by atoms with Gasteiger partial charge in [0.1, 0.15) is 5.82 Å². The van der Waals surface area contributed by atoms with Gasteiger partial charge in [0, 0.05) is 22.0 Å². The van der Waals surface area contributed by atoms with E-state index in [-0.39, 0.29) is 5.82 Å². The molecule has 2 unspecified atom stereocenters. The summed E-state index contributed by atoms with van der Waals surface area (Å²) in [6.45, 7) is 1.44. The third kappa shape index (κ3) is 2.76. The summed E-state index contributed by atoms with van der Waals surface area (Å²) in [7, 11) is 0. The molecule has 0 amide bonds. The minimum Gasteiger partial charge on any atom is -0.381 e. The maximum atomic E-state index is 13.6. The molecule has 1 nitrogen and oxygen atoms in total. The van der Waals surface area contributed by atoms with Crippen molar-refractivity contribution in [2.24, 2.45) is 5.92 Å². The Hall–Kier alpha value is -0.120. The third-order valence-corrected chi connectivity index (χ3v) is 4.47. The maximum absolute atomic E-state index is 13.6. The van der Waals surface area contributed by atoms with Crippen molar-refractivity contribution in [3.63, 3.8) is 0 Å². The molecule has 0 aliphatic carbocycles. The molecule has 1 fully saturated rings. The first-order chi connectivity index (χ1) is 7.68. The van der Waals surface area contributed by atoms with Gasteiger partial charge < -0.3 is 4.74 Å².